The number of carbonyl (C=O) groups excluding carboxylic acids is 3. The largest absolute Gasteiger partial charge is 0.492 e. The molecule has 1 fully saturated rings. The lowest BCUT2D eigenvalue weighted by Crippen LogP contribution is -2.49. The molecule has 5 atom stereocenters. The van der Waals surface area contributed by atoms with E-state index in [9.17, 15) is 19.5 Å². The number of aliphatic imine (C=N–C) groups is 1. The van der Waals surface area contributed by atoms with Crippen molar-refractivity contribution in [2.75, 3.05) is 19.7 Å². The molecule has 2 aliphatic rings. The van der Waals surface area contributed by atoms with E-state index < -0.39 is 24.2 Å². The van der Waals surface area contributed by atoms with Gasteiger partial charge in [-0.2, -0.15) is 5.10 Å². The van der Waals surface area contributed by atoms with Crippen molar-refractivity contribution in [3.8, 4) is 32.3 Å². The number of thiophene rings is 1. The Bertz CT molecular complexity index is 3080. The minimum atomic E-state index is -0.841. The summed E-state index contributed by atoms with van der Waals surface area (Å²) in [7, 11) is 0. The Morgan fingerprint density at radius 2 is 1.70 bits per heavy atom. The molecular weight excluding hydrogens is 944 g/mol. The second-order valence-corrected chi connectivity index (χ2v) is 20.7. The Kier molecular flexibility index (Phi) is 14.2. The zero-order valence-corrected chi connectivity index (χ0v) is 42.4. The van der Waals surface area contributed by atoms with Crippen LogP contribution in [0, 0.1) is 33.6 Å². The van der Waals surface area contributed by atoms with Crippen LogP contribution in [0.3, 0.4) is 0 Å². The van der Waals surface area contributed by atoms with E-state index in [1.165, 1.54) is 9.78 Å². The summed E-state index contributed by atoms with van der Waals surface area (Å²) in [6, 6.07) is 20.7. The third-order valence-corrected chi connectivity index (χ3v) is 15.4. The highest BCUT2D eigenvalue weighted by molar-refractivity contribution is 7.15. The molecule has 18 heteroatoms. The number of aliphatic hydroxyl groups excluding tert-OH is 1. The normalized spacial score (nSPS) is 17.4. The lowest BCUT2D eigenvalue weighted by atomic mass is 9.99. The van der Waals surface area contributed by atoms with Gasteiger partial charge in [-0.05, 0) is 87.1 Å². The smallest absolute Gasteiger partial charge is 0.248 e. The van der Waals surface area contributed by atoms with Crippen LogP contribution in [0.2, 0.25) is 5.02 Å². The lowest BCUT2D eigenvalue weighted by Gasteiger charge is -2.30. The number of hydrogen-bond acceptors (Lipinski definition) is 12. The molecule has 7 aromatic rings. The Balaban J connectivity index is 0.823. The summed E-state index contributed by atoms with van der Waals surface area (Å²) < 4.78 is 9.79. The van der Waals surface area contributed by atoms with Crippen LogP contribution in [0.1, 0.15) is 96.2 Å². The fraction of sp³-hybridized carbons (Fsp3) is 0.346. The van der Waals surface area contributed by atoms with Crippen molar-refractivity contribution in [3.05, 3.63) is 140 Å². The Morgan fingerprint density at radius 1 is 0.943 bits per heavy atom. The topological polar surface area (TPSA) is 182 Å². The van der Waals surface area contributed by atoms with Crippen LogP contribution in [0.5, 0.6) is 5.75 Å². The maximum atomic E-state index is 14.4. The number of amides is 3. The molecule has 3 amide bonds. The van der Waals surface area contributed by atoms with Gasteiger partial charge in [0, 0.05) is 45.8 Å². The first-order valence-electron chi connectivity index (χ1n) is 23.3. The van der Waals surface area contributed by atoms with Gasteiger partial charge in [0.25, 0.3) is 0 Å². The molecule has 0 spiro atoms. The van der Waals surface area contributed by atoms with Crippen LogP contribution in [-0.4, -0.2) is 94.8 Å². The highest BCUT2D eigenvalue weighted by Crippen LogP contribution is 2.40. The third kappa shape index (κ3) is 9.93. The monoisotopic (exact) mass is 998 g/mol. The second-order valence-electron chi connectivity index (χ2n) is 18.2. The zero-order valence-electron chi connectivity index (χ0n) is 40.0. The second kappa shape index (κ2) is 20.4. The van der Waals surface area contributed by atoms with E-state index in [-0.39, 0.29) is 62.2 Å². The summed E-state index contributed by atoms with van der Waals surface area (Å²) in [4.78, 5) is 55.1. The quantitative estimate of drug-likeness (QED) is 0.0847. The summed E-state index contributed by atoms with van der Waals surface area (Å²) in [5.41, 5.74) is 10.2. The summed E-state index contributed by atoms with van der Waals surface area (Å²) in [5, 5.41) is 32.0. The number of aliphatic hydroxyl groups is 1. The van der Waals surface area contributed by atoms with Crippen molar-refractivity contribution < 1.29 is 24.2 Å². The molecule has 0 saturated carbocycles. The van der Waals surface area contributed by atoms with Crippen molar-refractivity contribution in [3.63, 3.8) is 0 Å². The average Bonchev–Trinajstić information content (AvgIpc) is 4.19. The number of nitrogens with one attached hydrogen (secondary N) is 2. The van der Waals surface area contributed by atoms with E-state index in [1.54, 1.807) is 33.6 Å². The number of aryl methyl sites for hydroxylation is 3. The van der Waals surface area contributed by atoms with Gasteiger partial charge in [0.15, 0.2) is 5.82 Å². The molecule has 1 unspecified atom stereocenters. The number of benzene rings is 3. The van der Waals surface area contributed by atoms with Crippen molar-refractivity contribution in [2.45, 2.75) is 91.6 Å². The maximum Gasteiger partial charge on any atom is 0.248 e. The number of rotatable bonds is 15. The lowest BCUT2D eigenvalue weighted by molar-refractivity contribution is -0.142. The molecule has 3 aromatic carbocycles. The number of halogens is 1. The number of β-amino-alcohol motifs (C(OH)–C–C–N with tert-alkyl or cyclic N) is 1. The summed E-state index contributed by atoms with van der Waals surface area (Å²) in [5.74, 6) is 0.921. The van der Waals surface area contributed by atoms with Crippen molar-refractivity contribution in [1.82, 2.24) is 45.1 Å². The standard InChI is InChI=1S/C52H55ClN10O5S2/c1-28(2)47(51(67)61-26-40(64)22-43(61)50(66)57-30(4)34-11-13-36(14-12-34)48-31(5)55-27-69-48)62-25-38(24-56-62)37-9-8-10-41(21-37)68-20-19-54-44(65)23-42-49-60-59-33(7)63(49)52-45(29(3)32(6)70-52)46(58-42)35-15-17-39(53)18-16-35/h8-18,21,24-25,27-28,30,40,42-43,47,64H,19-20,22-23,26H2,1-7H3,(H,54,65)(H,57,66)/t30-,40+,42-,43-,47?/m0/s1. The van der Waals surface area contributed by atoms with Gasteiger partial charge in [-0.25, -0.2) is 4.98 Å². The van der Waals surface area contributed by atoms with E-state index in [0.29, 0.717) is 16.6 Å². The van der Waals surface area contributed by atoms with E-state index in [1.807, 2.05) is 124 Å². The van der Waals surface area contributed by atoms with E-state index >= 15 is 0 Å². The SMILES string of the molecule is Cc1ncsc1-c1ccc([C@H](C)NC(=O)[C@@H]2C[C@@H](O)CN2C(=O)C(C(C)C)n2cc(-c3cccc(OCCNC(=O)C[C@@H]4N=C(c5ccc(Cl)cc5)c5c(sc(C)c5C)-n5c(C)nnc54)c3)cn2)cc1. The molecule has 0 aliphatic carbocycles. The van der Waals surface area contributed by atoms with Crippen molar-refractivity contribution in [2.24, 2.45) is 10.9 Å². The molecule has 15 nitrogen and oxygen atoms in total. The number of nitrogens with zero attached hydrogens (tertiary/aromatic N) is 8. The van der Waals surface area contributed by atoms with Crippen LogP contribution >= 0.6 is 34.3 Å². The van der Waals surface area contributed by atoms with E-state index in [2.05, 4.69) is 44.8 Å². The van der Waals surface area contributed by atoms with Gasteiger partial charge in [-0.1, -0.05) is 74.0 Å². The number of carbonyl (C=O) groups is 3. The first-order valence-corrected chi connectivity index (χ1v) is 25.4. The van der Waals surface area contributed by atoms with Crippen molar-refractivity contribution in [1.29, 1.82) is 0 Å². The number of hydrogen-bond donors (Lipinski definition) is 3. The van der Waals surface area contributed by atoms with Crippen LogP contribution in [0.25, 0.3) is 26.6 Å². The molecule has 6 heterocycles. The molecule has 2 aliphatic heterocycles. The van der Waals surface area contributed by atoms with Gasteiger partial charge in [-0.15, -0.1) is 32.9 Å². The average molecular weight is 1000 g/mol. The number of ether oxygens (including phenoxy) is 1. The maximum absolute atomic E-state index is 14.4. The van der Waals surface area contributed by atoms with Gasteiger partial charge < -0.3 is 25.4 Å². The minimum Gasteiger partial charge on any atom is -0.492 e. The molecule has 0 bridgehead atoms. The van der Waals surface area contributed by atoms with E-state index in [4.69, 9.17) is 21.3 Å². The Morgan fingerprint density at radius 3 is 2.43 bits per heavy atom. The fourth-order valence-electron chi connectivity index (χ4n) is 9.22. The molecule has 4 aromatic heterocycles. The zero-order chi connectivity index (χ0) is 49.4. The van der Waals surface area contributed by atoms with Crippen LogP contribution in [0.15, 0.2) is 95.7 Å². The van der Waals surface area contributed by atoms with Gasteiger partial charge in [0.05, 0.1) is 53.1 Å². The minimum absolute atomic E-state index is 0.0450. The molecule has 9 rings (SSSR count). The summed E-state index contributed by atoms with van der Waals surface area (Å²) >= 11 is 9.51. The third-order valence-electron chi connectivity index (χ3n) is 13.0. The van der Waals surface area contributed by atoms with Crippen molar-refractivity contribution >= 4 is 57.7 Å². The summed E-state index contributed by atoms with van der Waals surface area (Å²) in [6.07, 6.45) is 2.88. The highest BCUT2D eigenvalue weighted by atomic mass is 35.5. The predicted octanol–water partition coefficient (Wildman–Crippen LogP) is 8.72. The molecule has 70 heavy (non-hydrogen) atoms. The number of fused-ring (bicyclic) bond motifs is 3. The first-order chi connectivity index (χ1) is 33.6. The number of thiazole rings is 1. The van der Waals surface area contributed by atoms with Crippen LogP contribution in [0.4, 0.5) is 0 Å². The molecule has 0 radical (unpaired) electrons. The van der Waals surface area contributed by atoms with Crippen LogP contribution in [-0.2, 0) is 14.4 Å². The number of aromatic nitrogens is 6. The van der Waals surface area contributed by atoms with Gasteiger partial charge in [0.1, 0.15) is 41.3 Å². The van der Waals surface area contributed by atoms with Gasteiger partial charge >= 0.3 is 0 Å². The Labute approximate surface area is 419 Å². The summed E-state index contributed by atoms with van der Waals surface area (Å²) in [6.45, 7) is 14.4. The van der Waals surface area contributed by atoms with Crippen LogP contribution < -0.4 is 15.4 Å². The molecule has 362 valence electrons. The number of likely N-dealkylation sites (tertiary alicyclic amines) is 1. The van der Waals surface area contributed by atoms with Gasteiger partial charge in [0.2, 0.25) is 17.7 Å². The highest BCUT2D eigenvalue weighted by Gasteiger charge is 2.43. The first kappa shape index (κ1) is 48.5. The molecule has 3 N–H and O–H groups in total. The van der Waals surface area contributed by atoms with Gasteiger partial charge in [-0.3, -0.25) is 28.6 Å². The molecule has 1 saturated heterocycles. The Hall–Kier alpha value is -6.53. The predicted molar refractivity (Wildman–Crippen MR) is 273 cm³/mol. The van der Waals surface area contributed by atoms with E-state index in [0.717, 1.165) is 66.1 Å². The molecular formula is C52H55ClN10O5S2. The fourth-order valence-corrected chi connectivity index (χ4v) is 11.4.